The fourth-order valence-corrected chi connectivity index (χ4v) is 1.85. The molecule has 2 N–H and O–H groups in total. The normalized spacial score (nSPS) is 22.9. The van der Waals surface area contributed by atoms with Crippen LogP contribution >= 0.6 is 0 Å². The Labute approximate surface area is 83.5 Å². The molecule has 0 aliphatic carbocycles. The van der Waals surface area contributed by atoms with Crippen molar-refractivity contribution < 1.29 is 4.39 Å². The molecule has 1 heterocycles. The summed E-state index contributed by atoms with van der Waals surface area (Å²) in [7, 11) is 0. The van der Waals surface area contributed by atoms with Crippen molar-refractivity contribution in [3.63, 3.8) is 0 Å². The van der Waals surface area contributed by atoms with Gasteiger partial charge in [0.1, 0.15) is 5.82 Å². The van der Waals surface area contributed by atoms with Crippen LogP contribution in [-0.2, 0) is 6.54 Å². The number of hydrogen-bond acceptors (Lipinski definition) is 2. The van der Waals surface area contributed by atoms with Crippen LogP contribution in [0.4, 0.5) is 4.39 Å². The predicted molar refractivity (Wildman–Crippen MR) is 54.3 cm³/mol. The van der Waals surface area contributed by atoms with Gasteiger partial charge in [-0.05, 0) is 24.1 Å². The van der Waals surface area contributed by atoms with Crippen LogP contribution in [0.25, 0.3) is 0 Å². The topological polar surface area (TPSA) is 29.3 Å². The van der Waals surface area contributed by atoms with Gasteiger partial charge in [0.2, 0.25) is 0 Å². The lowest BCUT2D eigenvalue weighted by Crippen LogP contribution is -2.26. The number of benzene rings is 1. The van der Waals surface area contributed by atoms with Crippen LogP contribution in [-0.4, -0.2) is 24.0 Å². The second kappa shape index (κ2) is 4.07. The van der Waals surface area contributed by atoms with Crippen molar-refractivity contribution in [2.24, 2.45) is 5.73 Å². The minimum Gasteiger partial charge on any atom is -0.326 e. The van der Waals surface area contributed by atoms with Gasteiger partial charge < -0.3 is 5.73 Å². The highest BCUT2D eigenvalue weighted by Crippen LogP contribution is 2.12. The molecule has 1 aromatic rings. The molecule has 1 atom stereocenters. The summed E-state index contributed by atoms with van der Waals surface area (Å²) in [6, 6.07) is 6.99. The maximum Gasteiger partial charge on any atom is 0.123 e. The predicted octanol–water partition coefficient (Wildman–Crippen LogP) is 1.36. The van der Waals surface area contributed by atoms with Crippen LogP contribution in [0.3, 0.4) is 0 Å². The lowest BCUT2D eigenvalue weighted by atomic mass is 10.2. The monoisotopic (exact) mass is 194 g/mol. The molecular formula is C11H15FN2. The van der Waals surface area contributed by atoms with Gasteiger partial charge in [-0.1, -0.05) is 12.1 Å². The molecule has 1 aliphatic rings. The maximum absolute atomic E-state index is 12.6. The Morgan fingerprint density at radius 1 is 1.36 bits per heavy atom. The maximum atomic E-state index is 12.6. The zero-order chi connectivity index (χ0) is 9.97. The van der Waals surface area contributed by atoms with E-state index < -0.39 is 0 Å². The summed E-state index contributed by atoms with van der Waals surface area (Å²) < 4.78 is 12.6. The third-order valence-electron chi connectivity index (χ3n) is 2.63. The molecule has 0 bridgehead atoms. The quantitative estimate of drug-likeness (QED) is 0.770. The molecule has 0 amide bonds. The van der Waals surface area contributed by atoms with Crippen LogP contribution in [0.1, 0.15) is 12.0 Å². The van der Waals surface area contributed by atoms with E-state index in [2.05, 4.69) is 4.90 Å². The number of nitrogens with two attached hydrogens (primary N) is 1. The minimum atomic E-state index is -0.174. The van der Waals surface area contributed by atoms with Crippen LogP contribution in [0.2, 0.25) is 0 Å². The van der Waals surface area contributed by atoms with Gasteiger partial charge in [-0.15, -0.1) is 0 Å². The van der Waals surface area contributed by atoms with Crippen molar-refractivity contribution in [2.45, 2.75) is 19.0 Å². The Balaban J connectivity index is 1.94. The molecule has 1 aromatic carbocycles. The summed E-state index contributed by atoms with van der Waals surface area (Å²) in [6.45, 7) is 2.89. The zero-order valence-electron chi connectivity index (χ0n) is 8.12. The second-order valence-electron chi connectivity index (χ2n) is 3.91. The van der Waals surface area contributed by atoms with E-state index in [-0.39, 0.29) is 5.82 Å². The Kier molecular flexibility index (Phi) is 2.79. The van der Waals surface area contributed by atoms with Crippen molar-refractivity contribution >= 4 is 0 Å². The lowest BCUT2D eigenvalue weighted by Gasteiger charge is -2.14. The zero-order valence-corrected chi connectivity index (χ0v) is 8.12. The largest absolute Gasteiger partial charge is 0.326 e. The third-order valence-corrected chi connectivity index (χ3v) is 2.63. The number of halogens is 1. The van der Waals surface area contributed by atoms with Crippen molar-refractivity contribution in [3.8, 4) is 0 Å². The van der Waals surface area contributed by atoms with Gasteiger partial charge in [-0.2, -0.15) is 0 Å². The summed E-state index contributed by atoms with van der Waals surface area (Å²) >= 11 is 0. The fourth-order valence-electron chi connectivity index (χ4n) is 1.85. The van der Waals surface area contributed by atoms with Gasteiger partial charge >= 0.3 is 0 Å². The van der Waals surface area contributed by atoms with Crippen LogP contribution in [0, 0.1) is 5.82 Å². The van der Waals surface area contributed by atoms with Crippen molar-refractivity contribution in [1.82, 2.24) is 4.90 Å². The molecule has 0 radical (unpaired) electrons. The number of rotatable bonds is 2. The smallest absolute Gasteiger partial charge is 0.123 e. The van der Waals surface area contributed by atoms with Crippen molar-refractivity contribution in [2.75, 3.05) is 13.1 Å². The standard InChI is InChI=1S/C11H15FN2/c12-10-3-1-9(2-4-10)7-14-6-5-11(13)8-14/h1-4,11H,5-8,13H2. The molecule has 0 saturated carbocycles. The molecule has 1 saturated heterocycles. The highest BCUT2D eigenvalue weighted by Gasteiger charge is 2.18. The van der Waals surface area contributed by atoms with Crippen LogP contribution < -0.4 is 5.73 Å². The number of hydrogen-bond donors (Lipinski definition) is 1. The van der Waals surface area contributed by atoms with Crippen molar-refractivity contribution in [3.05, 3.63) is 35.6 Å². The first kappa shape index (κ1) is 9.62. The van der Waals surface area contributed by atoms with Gasteiger partial charge in [-0.3, -0.25) is 4.90 Å². The van der Waals surface area contributed by atoms with E-state index in [0.717, 1.165) is 31.6 Å². The molecule has 14 heavy (non-hydrogen) atoms. The highest BCUT2D eigenvalue weighted by atomic mass is 19.1. The second-order valence-corrected chi connectivity index (χ2v) is 3.91. The average molecular weight is 194 g/mol. The van der Waals surface area contributed by atoms with Gasteiger partial charge in [-0.25, -0.2) is 4.39 Å². The van der Waals surface area contributed by atoms with Crippen LogP contribution in [0.5, 0.6) is 0 Å². The Bertz CT molecular complexity index is 297. The van der Waals surface area contributed by atoms with E-state index in [1.54, 1.807) is 0 Å². The Morgan fingerprint density at radius 3 is 2.64 bits per heavy atom. The first-order valence-electron chi connectivity index (χ1n) is 4.96. The highest BCUT2D eigenvalue weighted by molar-refractivity contribution is 5.16. The van der Waals surface area contributed by atoms with E-state index in [0.29, 0.717) is 6.04 Å². The molecule has 3 heteroatoms. The van der Waals surface area contributed by atoms with Gasteiger partial charge in [0.05, 0.1) is 0 Å². The van der Waals surface area contributed by atoms with Gasteiger partial charge in [0.25, 0.3) is 0 Å². The summed E-state index contributed by atoms with van der Waals surface area (Å²) in [5.41, 5.74) is 6.95. The first-order chi connectivity index (χ1) is 6.74. The number of nitrogens with zero attached hydrogens (tertiary/aromatic N) is 1. The molecule has 1 fully saturated rings. The SMILES string of the molecule is NC1CCN(Cc2ccc(F)cc2)C1. The minimum absolute atomic E-state index is 0.174. The van der Waals surface area contributed by atoms with Crippen molar-refractivity contribution in [1.29, 1.82) is 0 Å². The molecule has 0 spiro atoms. The Morgan fingerprint density at radius 2 is 2.07 bits per heavy atom. The third kappa shape index (κ3) is 2.30. The molecule has 2 rings (SSSR count). The summed E-state index contributed by atoms with van der Waals surface area (Å²) in [5.74, 6) is -0.174. The molecular weight excluding hydrogens is 179 g/mol. The Hall–Kier alpha value is -0.930. The first-order valence-corrected chi connectivity index (χ1v) is 4.96. The number of likely N-dealkylation sites (tertiary alicyclic amines) is 1. The molecule has 76 valence electrons. The van der Waals surface area contributed by atoms with E-state index in [9.17, 15) is 4.39 Å². The molecule has 1 unspecified atom stereocenters. The van der Waals surface area contributed by atoms with Crippen LogP contribution in [0.15, 0.2) is 24.3 Å². The van der Waals surface area contributed by atoms with Gasteiger partial charge in [0, 0.05) is 25.7 Å². The summed E-state index contributed by atoms with van der Waals surface area (Å²) in [5, 5.41) is 0. The molecule has 0 aromatic heterocycles. The lowest BCUT2D eigenvalue weighted by molar-refractivity contribution is 0.327. The molecule has 1 aliphatic heterocycles. The van der Waals surface area contributed by atoms with E-state index in [4.69, 9.17) is 5.73 Å². The summed E-state index contributed by atoms with van der Waals surface area (Å²) in [6.07, 6.45) is 1.07. The summed E-state index contributed by atoms with van der Waals surface area (Å²) in [4.78, 5) is 2.30. The van der Waals surface area contributed by atoms with Gasteiger partial charge in [0.15, 0.2) is 0 Å². The average Bonchev–Trinajstić information content (AvgIpc) is 2.56. The van der Waals surface area contributed by atoms with E-state index >= 15 is 0 Å². The fraction of sp³-hybridized carbons (Fsp3) is 0.455. The van der Waals surface area contributed by atoms with E-state index in [1.807, 2.05) is 12.1 Å². The molecule has 2 nitrogen and oxygen atoms in total. The van der Waals surface area contributed by atoms with E-state index in [1.165, 1.54) is 12.1 Å².